The molecule has 0 N–H and O–H groups in total. The third-order valence-electron chi connectivity index (χ3n) is 11.5. The predicted octanol–water partition coefficient (Wildman–Crippen LogP) is 15.9. The van der Waals surface area contributed by atoms with Gasteiger partial charge in [0.25, 0.3) is 0 Å². The maximum absolute atomic E-state index is 2.44. The average Bonchev–Trinajstić information content (AvgIpc) is 3.31. The van der Waals surface area contributed by atoms with Crippen molar-refractivity contribution in [2.24, 2.45) is 0 Å². The number of rotatable bonds is 9. The van der Waals surface area contributed by atoms with Crippen LogP contribution in [0.1, 0.15) is 37.5 Å². The number of nitrogens with zero attached hydrogens (tertiary/aromatic N) is 2. The summed E-state index contributed by atoms with van der Waals surface area (Å²) < 4.78 is 0. The molecule has 0 aliphatic carbocycles. The molecular formula is C56H46N2. The molecule has 58 heavy (non-hydrogen) atoms. The maximum Gasteiger partial charge on any atom is 0.0561 e. The maximum atomic E-state index is 2.44. The molecule has 10 aromatic carbocycles. The summed E-state index contributed by atoms with van der Waals surface area (Å²) in [5, 5.41) is 7.41. The van der Waals surface area contributed by atoms with E-state index in [9.17, 15) is 0 Å². The monoisotopic (exact) mass is 746 g/mol. The highest BCUT2D eigenvalue weighted by atomic mass is 15.2. The van der Waals surface area contributed by atoms with Crippen LogP contribution in [0.5, 0.6) is 0 Å². The van der Waals surface area contributed by atoms with Gasteiger partial charge in [0.2, 0.25) is 0 Å². The highest BCUT2D eigenvalue weighted by molar-refractivity contribution is 6.29. The minimum Gasteiger partial charge on any atom is -0.310 e. The highest BCUT2D eigenvalue weighted by Gasteiger charge is 2.32. The smallest absolute Gasteiger partial charge is 0.0561 e. The molecule has 0 unspecified atom stereocenters. The van der Waals surface area contributed by atoms with Crippen LogP contribution in [0.4, 0.5) is 34.1 Å². The van der Waals surface area contributed by atoms with E-state index in [4.69, 9.17) is 0 Å². The Bertz CT molecular complexity index is 2620. The lowest BCUT2D eigenvalue weighted by Crippen LogP contribution is -2.25. The normalized spacial score (nSPS) is 11.4. The lowest BCUT2D eigenvalue weighted by molar-refractivity contribution is 0.694. The molecule has 0 fully saturated rings. The van der Waals surface area contributed by atoms with Crippen LogP contribution in [0.25, 0.3) is 32.3 Å². The van der Waals surface area contributed by atoms with Crippen molar-refractivity contribution in [2.75, 3.05) is 9.80 Å². The van der Waals surface area contributed by atoms with Crippen LogP contribution in [-0.4, -0.2) is 0 Å². The zero-order valence-corrected chi connectivity index (χ0v) is 33.3. The first-order valence-electron chi connectivity index (χ1n) is 20.4. The SMILES string of the molecule is CC.CC(c1ccccc1)(c1ccccc1)c1cc2ccc3c(N(c4ccccc4)c4ccccc4)cc(N(c4ccccc4)c4ccccc4)c4ccc(c1)c2c34. The van der Waals surface area contributed by atoms with Crippen LogP contribution < -0.4 is 9.80 Å². The number of benzene rings is 10. The van der Waals surface area contributed by atoms with E-state index in [1.54, 1.807) is 0 Å². The summed E-state index contributed by atoms with van der Waals surface area (Å²) >= 11 is 0. The van der Waals surface area contributed by atoms with Gasteiger partial charge in [-0.3, -0.25) is 0 Å². The molecule has 0 aliphatic rings. The summed E-state index contributed by atoms with van der Waals surface area (Å²) in [7, 11) is 0. The molecule has 10 aromatic rings. The van der Waals surface area contributed by atoms with Crippen molar-refractivity contribution in [3.05, 3.63) is 241 Å². The van der Waals surface area contributed by atoms with E-state index >= 15 is 0 Å². The zero-order valence-electron chi connectivity index (χ0n) is 33.3. The van der Waals surface area contributed by atoms with Gasteiger partial charge in [0.15, 0.2) is 0 Å². The number of anilines is 6. The van der Waals surface area contributed by atoms with Gasteiger partial charge < -0.3 is 9.80 Å². The molecular weight excluding hydrogens is 701 g/mol. The minimum absolute atomic E-state index is 0.363. The van der Waals surface area contributed by atoms with Crippen LogP contribution in [0.3, 0.4) is 0 Å². The third-order valence-corrected chi connectivity index (χ3v) is 11.5. The largest absolute Gasteiger partial charge is 0.310 e. The van der Waals surface area contributed by atoms with Gasteiger partial charge in [-0.2, -0.15) is 0 Å². The van der Waals surface area contributed by atoms with Crippen molar-refractivity contribution in [2.45, 2.75) is 26.2 Å². The lowest BCUT2D eigenvalue weighted by atomic mass is 9.70. The van der Waals surface area contributed by atoms with Gasteiger partial charge >= 0.3 is 0 Å². The van der Waals surface area contributed by atoms with Crippen molar-refractivity contribution in [1.29, 1.82) is 0 Å². The molecule has 0 saturated heterocycles. The van der Waals surface area contributed by atoms with E-state index in [0.29, 0.717) is 0 Å². The van der Waals surface area contributed by atoms with Crippen LogP contribution in [0.15, 0.2) is 224 Å². The quantitative estimate of drug-likeness (QED) is 0.107. The molecule has 0 heterocycles. The summed E-state index contributed by atoms with van der Waals surface area (Å²) in [5.41, 5.74) is 10.1. The van der Waals surface area contributed by atoms with Crippen molar-refractivity contribution < 1.29 is 0 Å². The number of para-hydroxylation sites is 4. The molecule has 0 saturated carbocycles. The molecule has 0 aliphatic heterocycles. The van der Waals surface area contributed by atoms with Gasteiger partial charge in [0, 0.05) is 44.3 Å². The first kappa shape index (κ1) is 36.5. The molecule has 2 nitrogen and oxygen atoms in total. The Morgan fingerprint density at radius 1 is 0.310 bits per heavy atom. The molecule has 0 radical (unpaired) electrons. The van der Waals surface area contributed by atoms with Crippen molar-refractivity contribution in [1.82, 2.24) is 0 Å². The Kier molecular flexibility index (Phi) is 9.91. The summed E-state index contributed by atoms with van der Waals surface area (Å²) in [6.45, 7) is 6.37. The van der Waals surface area contributed by atoms with E-state index in [2.05, 4.69) is 241 Å². The second-order valence-corrected chi connectivity index (χ2v) is 14.7. The van der Waals surface area contributed by atoms with Gasteiger partial charge in [-0.15, -0.1) is 0 Å². The third kappa shape index (κ3) is 6.33. The Labute approximate surface area is 342 Å². The van der Waals surface area contributed by atoms with E-state index in [1.807, 2.05) is 13.8 Å². The summed E-state index contributed by atoms with van der Waals surface area (Å²) in [6, 6.07) is 81.5. The van der Waals surface area contributed by atoms with Crippen molar-refractivity contribution in [3.8, 4) is 0 Å². The van der Waals surface area contributed by atoms with Gasteiger partial charge in [-0.1, -0.05) is 172 Å². The molecule has 0 atom stereocenters. The van der Waals surface area contributed by atoms with Crippen molar-refractivity contribution >= 4 is 66.4 Å². The van der Waals surface area contributed by atoms with Crippen LogP contribution in [0.2, 0.25) is 0 Å². The molecule has 0 spiro atoms. The van der Waals surface area contributed by atoms with E-state index in [-0.39, 0.29) is 5.41 Å². The fraction of sp³-hybridized carbons (Fsp3) is 0.0714. The van der Waals surface area contributed by atoms with E-state index in [0.717, 1.165) is 34.1 Å². The standard InChI is InChI=1S/C54H40N2.C2H6/c1-54(41-20-8-2-9-21-41,42-22-10-3-11-23-42)43-36-39-32-34-48-50(55(44-24-12-4-13-25-44)45-26-14-5-15-27-45)38-51(49-35-33-40(37-43)52(39)53(48)49)56(46-28-16-6-17-29-46)47-30-18-7-19-31-47;1-2/h2-38H,1H3;1-2H3. The first-order valence-corrected chi connectivity index (χ1v) is 20.4. The van der Waals surface area contributed by atoms with E-state index in [1.165, 1.54) is 49.0 Å². The Hall–Kier alpha value is -7.16. The summed E-state index contributed by atoms with van der Waals surface area (Å²) in [4.78, 5) is 4.83. The summed E-state index contributed by atoms with van der Waals surface area (Å²) in [6.07, 6.45) is 0. The van der Waals surface area contributed by atoms with Gasteiger partial charge in [-0.05, 0) is 107 Å². The molecule has 0 aromatic heterocycles. The lowest BCUT2D eigenvalue weighted by Gasteiger charge is -2.33. The highest BCUT2D eigenvalue weighted by Crippen LogP contribution is 2.51. The molecule has 10 rings (SSSR count). The first-order chi connectivity index (χ1) is 28.7. The van der Waals surface area contributed by atoms with Gasteiger partial charge in [0.1, 0.15) is 0 Å². The summed E-state index contributed by atoms with van der Waals surface area (Å²) in [5.74, 6) is 0. The topological polar surface area (TPSA) is 6.48 Å². The minimum atomic E-state index is -0.363. The van der Waals surface area contributed by atoms with Gasteiger partial charge in [-0.25, -0.2) is 0 Å². The average molecular weight is 747 g/mol. The zero-order chi connectivity index (χ0) is 39.5. The van der Waals surface area contributed by atoms with Crippen LogP contribution in [-0.2, 0) is 5.41 Å². The fourth-order valence-electron chi connectivity index (χ4n) is 8.74. The molecule has 2 heteroatoms. The number of hydrogen-bond acceptors (Lipinski definition) is 2. The second kappa shape index (κ2) is 15.8. The molecule has 280 valence electrons. The Morgan fingerprint density at radius 2 is 0.621 bits per heavy atom. The van der Waals surface area contributed by atoms with Gasteiger partial charge in [0.05, 0.1) is 11.4 Å². The van der Waals surface area contributed by atoms with E-state index < -0.39 is 0 Å². The molecule has 0 bridgehead atoms. The number of hydrogen-bond donors (Lipinski definition) is 0. The van der Waals surface area contributed by atoms with Crippen LogP contribution >= 0.6 is 0 Å². The predicted molar refractivity (Wildman–Crippen MR) is 249 cm³/mol. The fourth-order valence-corrected chi connectivity index (χ4v) is 8.74. The van der Waals surface area contributed by atoms with Crippen molar-refractivity contribution in [3.63, 3.8) is 0 Å². The Balaban J connectivity index is 0.00000215. The van der Waals surface area contributed by atoms with Crippen LogP contribution in [0, 0.1) is 0 Å². The molecule has 0 amide bonds. The second-order valence-electron chi connectivity index (χ2n) is 14.7. The Morgan fingerprint density at radius 3 is 0.948 bits per heavy atom.